The number of anilines is 1. The zero-order valence-corrected chi connectivity index (χ0v) is 13.2. The minimum atomic E-state index is 0.239. The van der Waals surface area contributed by atoms with Gasteiger partial charge in [0.15, 0.2) is 5.82 Å². The summed E-state index contributed by atoms with van der Waals surface area (Å²) in [6.07, 6.45) is 4.89. The fourth-order valence-electron chi connectivity index (χ4n) is 2.69. The second-order valence-corrected chi connectivity index (χ2v) is 6.24. The molecule has 0 radical (unpaired) electrons. The van der Waals surface area contributed by atoms with Crippen molar-refractivity contribution in [3.63, 3.8) is 0 Å². The van der Waals surface area contributed by atoms with E-state index in [9.17, 15) is 5.11 Å². The number of aromatic nitrogens is 2. The van der Waals surface area contributed by atoms with Crippen LogP contribution in [0.5, 0.6) is 5.75 Å². The topological polar surface area (TPSA) is 72.0 Å². The number of benzene rings is 1. The molecular formula is C15H16IN3O. The molecule has 1 aliphatic carbocycles. The quantitative estimate of drug-likeness (QED) is 0.779. The van der Waals surface area contributed by atoms with Crippen LogP contribution in [0.15, 0.2) is 24.3 Å². The second kappa shape index (κ2) is 5.55. The average Bonchev–Trinajstić information content (AvgIpc) is 2.96. The van der Waals surface area contributed by atoms with Crippen LogP contribution in [0.2, 0.25) is 0 Å². The Labute approximate surface area is 131 Å². The Morgan fingerprint density at radius 1 is 1.10 bits per heavy atom. The molecule has 104 valence electrons. The van der Waals surface area contributed by atoms with Crippen LogP contribution in [0.25, 0.3) is 11.4 Å². The molecule has 5 heteroatoms. The van der Waals surface area contributed by atoms with E-state index in [1.165, 1.54) is 25.7 Å². The van der Waals surface area contributed by atoms with Crippen LogP contribution in [0.3, 0.4) is 0 Å². The van der Waals surface area contributed by atoms with Gasteiger partial charge >= 0.3 is 0 Å². The summed E-state index contributed by atoms with van der Waals surface area (Å²) in [6.45, 7) is 0. The van der Waals surface area contributed by atoms with Gasteiger partial charge in [0.2, 0.25) is 0 Å². The van der Waals surface area contributed by atoms with Gasteiger partial charge in [-0.3, -0.25) is 0 Å². The van der Waals surface area contributed by atoms with Gasteiger partial charge in [0.1, 0.15) is 11.6 Å². The molecule has 1 fully saturated rings. The molecule has 4 nitrogen and oxygen atoms in total. The van der Waals surface area contributed by atoms with Gasteiger partial charge in [0.05, 0.1) is 9.26 Å². The molecule has 1 saturated carbocycles. The largest absolute Gasteiger partial charge is 0.508 e. The van der Waals surface area contributed by atoms with Crippen LogP contribution in [-0.2, 0) is 0 Å². The van der Waals surface area contributed by atoms with E-state index in [0.717, 1.165) is 14.8 Å². The standard InChI is InChI=1S/C15H16IN3O/c16-12-13(9-3-1-2-4-9)18-15(19-14(12)17)10-5-7-11(20)8-6-10/h5-9,20H,1-4H2,(H2,17,18,19). The van der Waals surface area contributed by atoms with E-state index >= 15 is 0 Å². The van der Waals surface area contributed by atoms with E-state index in [-0.39, 0.29) is 5.75 Å². The van der Waals surface area contributed by atoms with E-state index < -0.39 is 0 Å². The normalized spacial score (nSPS) is 15.7. The van der Waals surface area contributed by atoms with E-state index in [1.54, 1.807) is 12.1 Å². The molecule has 0 bridgehead atoms. The molecule has 3 rings (SSSR count). The lowest BCUT2D eigenvalue weighted by molar-refractivity contribution is 0.475. The predicted molar refractivity (Wildman–Crippen MR) is 87.5 cm³/mol. The maximum Gasteiger partial charge on any atom is 0.161 e. The van der Waals surface area contributed by atoms with Crippen molar-refractivity contribution in [1.29, 1.82) is 0 Å². The van der Waals surface area contributed by atoms with Crippen molar-refractivity contribution < 1.29 is 5.11 Å². The number of nitrogen functional groups attached to an aromatic ring is 1. The smallest absolute Gasteiger partial charge is 0.161 e. The lowest BCUT2D eigenvalue weighted by Crippen LogP contribution is -2.07. The van der Waals surface area contributed by atoms with Crippen LogP contribution in [0.4, 0.5) is 5.82 Å². The Hall–Kier alpha value is -1.37. The van der Waals surface area contributed by atoms with Crippen molar-refractivity contribution in [3.8, 4) is 17.1 Å². The van der Waals surface area contributed by atoms with Crippen molar-refractivity contribution in [2.75, 3.05) is 5.73 Å². The van der Waals surface area contributed by atoms with Gasteiger partial charge < -0.3 is 10.8 Å². The monoisotopic (exact) mass is 381 g/mol. The maximum atomic E-state index is 9.36. The second-order valence-electron chi connectivity index (χ2n) is 5.16. The Kier molecular flexibility index (Phi) is 3.78. The van der Waals surface area contributed by atoms with Crippen LogP contribution < -0.4 is 5.73 Å². The maximum absolute atomic E-state index is 9.36. The SMILES string of the molecule is Nc1nc(-c2ccc(O)cc2)nc(C2CCCC2)c1I. The molecule has 0 aliphatic heterocycles. The number of phenolic OH excluding ortho intramolecular Hbond substituents is 1. The van der Waals surface area contributed by atoms with Gasteiger partial charge in [-0.1, -0.05) is 12.8 Å². The van der Waals surface area contributed by atoms with Crippen molar-refractivity contribution in [2.24, 2.45) is 0 Å². The molecule has 1 aromatic heterocycles. The number of hydrogen-bond donors (Lipinski definition) is 2. The van der Waals surface area contributed by atoms with Crippen molar-refractivity contribution in [3.05, 3.63) is 33.5 Å². The van der Waals surface area contributed by atoms with E-state index in [0.29, 0.717) is 17.6 Å². The van der Waals surface area contributed by atoms with E-state index in [4.69, 9.17) is 10.7 Å². The van der Waals surface area contributed by atoms with Gasteiger partial charge in [-0.2, -0.15) is 0 Å². The van der Waals surface area contributed by atoms with Gasteiger partial charge in [-0.05, 0) is 59.7 Å². The van der Waals surface area contributed by atoms with E-state index in [1.807, 2.05) is 12.1 Å². The Morgan fingerprint density at radius 2 is 1.75 bits per heavy atom. The van der Waals surface area contributed by atoms with Crippen molar-refractivity contribution in [1.82, 2.24) is 9.97 Å². The highest BCUT2D eigenvalue weighted by atomic mass is 127. The predicted octanol–water partition coefficient (Wildman–Crippen LogP) is 3.69. The minimum Gasteiger partial charge on any atom is -0.508 e. The number of halogens is 1. The van der Waals surface area contributed by atoms with Crippen LogP contribution >= 0.6 is 22.6 Å². The summed E-state index contributed by atoms with van der Waals surface area (Å²) in [5, 5.41) is 9.36. The third-order valence-electron chi connectivity index (χ3n) is 3.77. The minimum absolute atomic E-state index is 0.239. The molecule has 3 N–H and O–H groups in total. The van der Waals surface area contributed by atoms with Crippen LogP contribution in [0, 0.1) is 3.57 Å². The average molecular weight is 381 g/mol. The molecule has 0 unspecified atom stereocenters. The fraction of sp³-hybridized carbons (Fsp3) is 0.333. The molecule has 2 aromatic rings. The van der Waals surface area contributed by atoms with Gasteiger partial charge in [-0.25, -0.2) is 9.97 Å². The zero-order valence-electron chi connectivity index (χ0n) is 11.0. The third-order valence-corrected chi connectivity index (χ3v) is 4.88. The van der Waals surface area contributed by atoms with Gasteiger partial charge in [0.25, 0.3) is 0 Å². The first-order valence-corrected chi connectivity index (χ1v) is 7.85. The fourth-order valence-corrected chi connectivity index (χ4v) is 3.37. The summed E-state index contributed by atoms with van der Waals surface area (Å²) in [7, 11) is 0. The highest BCUT2D eigenvalue weighted by molar-refractivity contribution is 14.1. The number of rotatable bonds is 2. The summed E-state index contributed by atoms with van der Waals surface area (Å²) in [6, 6.07) is 6.91. The Morgan fingerprint density at radius 3 is 2.40 bits per heavy atom. The molecule has 0 atom stereocenters. The van der Waals surface area contributed by atoms with Crippen LogP contribution in [-0.4, -0.2) is 15.1 Å². The molecular weight excluding hydrogens is 365 g/mol. The molecule has 1 aromatic carbocycles. The third kappa shape index (κ3) is 2.59. The van der Waals surface area contributed by atoms with Crippen molar-refractivity contribution in [2.45, 2.75) is 31.6 Å². The van der Waals surface area contributed by atoms with Gasteiger partial charge in [0, 0.05) is 11.5 Å². The van der Waals surface area contributed by atoms with Crippen LogP contribution in [0.1, 0.15) is 37.3 Å². The van der Waals surface area contributed by atoms with Gasteiger partial charge in [-0.15, -0.1) is 0 Å². The zero-order chi connectivity index (χ0) is 14.1. The summed E-state index contributed by atoms with van der Waals surface area (Å²) < 4.78 is 0.983. The molecule has 0 amide bonds. The summed E-state index contributed by atoms with van der Waals surface area (Å²) in [5.41, 5.74) is 8.01. The van der Waals surface area contributed by atoms with Crippen molar-refractivity contribution >= 4 is 28.4 Å². The van der Waals surface area contributed by atoms with E-state index in [2.05, 4.69) is 27.6 Å². The number of nitrogens with two attached hydrogens (primary N) is 1. The first-order valence-electron chi connectivity index (χ1n) is 6.77. The lowest BCUT2D eigenvalue weighted by Gasteiger charge is -2.14. The lowest BCUT2D eigenvalue weighted by atomic mass is 10.0. The molecule has 1 heterocycles. The molecule has 0 saturated heterocycles. The Balaban J connectivity index is 2.05. The Bertz CT molecular complexity index is 622. The number of hydrogen-bond acceptors (Lipinski definition) is 4. The highest BCUT2D eigenvalue weighted by Gasteiger charge is 2.23. The number of nitrogens with zero attached hydrogens (tertiary/aromatic N) is 2. The summed E-state index contributed by atoms with van der Waals surface area (Å²) in [5.74, 6) is 1.93. The summed E-state index contributed by atoms with van der Waals surface area (Å²) in [4.78, 5) is 9.12. The molecule has 20 heavy (non-hydrogen) atoms. The first kappa shape index (κ1) is 13.6. The number of phenols is 1. The number of aromatic hydroxyl groups is 1. The molecule has 1 aliphatic rings. The highest BCUT2D eigenvalue weighted by Crippen LogP contribution is 2.37. The first-order chi connectivity index (χ1) is 9.65. The summed E-state index contributed by atoms with van der Waals surface area (Å²) >= 11 is 2.25. The molecule has 0 spiro atoms.